The van der Waals surface area contributed by atoms with Gasteiger partial charge in [0.2, 0.25) is 5.88 Å². The number of rotatable bonds is 11. The standard InChI is InChI=1S/C33H52N4O/c1-9-24-10-12-28(13-11-24)37-19-15-26(23-37)36-33(7,8)17-16-32(5,6)25-14-18-34-30(20-25)38-29-21-27(22-29)35-31(2,3)4/h10-14,18,20,26-27,29,35-36H,9,15-17,19,21-23H2,1-8H3. The Morgan fingerprint density at radius 1 is 0.921 bits per heavy atom. The van der Waals surface area contributed by atoms with Crippen LogP contribution in [0.4, 0.5) is 5.69 Å². The Balaban J connectivity index is 1.26. The maximum Gasteiger partial charge on any atom is 0.213 e. The minimum absolute atomic E-state index is 0.0542. The fraction of sp³-hybridized carbons (Fsp3) is 0.667. The molecule has 0 bridgehead atoms. The average Bonchev–Trinajstić information content (AvgIpc) is 3.29. The smallest absolute Gasteiger partial charge is 0.213 e. The summed E-state index contributed by atoms with van der Waals surface area (Å²) in [5.74, 6) is 0.769. The van der Waals surface area contributed by atoms with Crippen LogP contribution in [0, 0.1) is 0 Å². The third-order valence-corrected chi connectivity index (χ3v) is 8.40. The van der Waals surface area contributed by atoms with E-state index in [4.69, 9.17) is 4.74 Å². The van der Waals surface area contributed by atoms with Crippen molar-refractivity contribution in [2.24, 2.45) is 0 Å². The van der Waals surface area contributed by atoms with Crippen LogP contribution in [0.15, 0.2) is 42.6 Å². The number of hydrogen-bond donors (Lipinski definition) is 2. The normalized spacial score (nSPS) is 22.4. The second-order valence-corrected chi connectivity index (χ2v) is 14.0. The molecule has 1 aromatic heterocycles. The van der Waals surface area contributed by atoms with Gasteiger partial charge in [-0.3, -0.25) is 0 Å². The monoisotopic (exact) mass is 520 g/mol. The zero-order valence-corrected chi connectivity index (χ0v) is 25.2. The fourth-order valence-corrected chi connectivity index (χ4v) is 5.91. The highest BCUT2D eigenvalue weighted by molar-refractivity contribution is 5.48. The molecule has 5 heteroatoms. The molecule has 2 heterocycles. The quantitative estimate of drug-likeness (QED) is 0.347. The lowest BCUT2D eigenvalue weighted by atomic mass is 9.78. The van der Waals surface area contributed by atoms with Crippen LogP contribution in [0.3, 0.4) is 0 Å². The highest BCUT2D eigenvalue weighted by Crippen LogP contribution is 2.34. The molecule has 0 spiro atoms. The topological polar surface area (TPSA) is 49.4 Å². The van der Waals surface area contributed by atoms with Gasteiger partial charge in [0.15, 0.2) is 0 Å². The number of aryl methyl sites for hydroxylation is 1. The molecule has 1 aromatic carbocycles. The molecule has 2 N–H and O–H groups in total. The Kier molecular flexibility index (Phi) is 8.78. The first-order valence-corrected chi connectivity index (χ1v) is 14.8. The maximum atomic E-state index is 6.26. The summed E-state index contributed by atoms with van der Waals surface area (Å²) in [6, 6.07) is 14.5. The van der Waals surface area contributed by atoms with E-state index in [1.165, 1.54) is 23.2 Å². The van der Waals surface area contributed by atoms with Gasteiger partial charge in [0.1, 0.15) is 6.10 Å². The lowest BCUT2D eigenvalue weighted by Crippen LogP contribution is -2.53. The summed E-state index contributed by atoms with van der Waals surface area (Å²) in [7, 11) is 0. The Hall–Kier alpha value is -2.11. The van der Waals surface area contributed by atoms with Gasteiger partial charge in [-0.05, 0) is 108 Å². The van der Waals surface area contributed by atoms with E-state index in [1.54, 1.807) is 0 Å². The molecule has 2 aromatic rings. The Labute approximate surface area is 232 Å². The number of benzene rings is 1. The lowest BCUT2D eigenvalue weighted by molar-refractivity contribution is 0.0692. The third-order valence-electron chi connectivity index (χ3n) is 8.40. The van der Waals surface area contributed by atoms with E-state index in [2.05, 4.69) is 112 Å². The molecule has 0 radical (unpaired) electrons. The van der Waals surface area contributed by atoms with Crippen molar-refractivity contribution in [3.63, 3.8) is 0 Å². The van der Waals surface area contributed by atoms with Crippen molar-refractivity contribution < 1.29 is 4.74 Å². The van der Waals surface area contributed by atoms with Crippen LogP contribution in [-0.2, 0) is 11.8 Å². The number of ether oxygens (including phenoxy) is 1. The minimum Gasteiger partial charge on any atom is -0.474 e. The van der Waals surface area contributed by atoms with Gasteiger partial charge >= 0.3 is 0 Å². The summed E-state index contributed by atoms with van der Waals surface area (Å²) < 4.78 is 6.26. The largest absolute Gasteiger partial charge is 0.474 e. The summed E-state index contributed by atoms with van der Waals surface area (Å²) in [6.07, 6.45) is 8.79. The Bertz CT molecular complexity index is 1030. The molecule has 2 fully saturated rings. The van der Waals surface area contributed by atoms with Crippen molar-refractivity contribution in [2.75, 3.05) is 18.0 Å². The molecule has 2 aliphatic rings. The number of hydrogen-bond acceptors (Lipinski definition) is 5. The maximum absolute atomic E-state index is 6.26. The molecule has 1 saturated carbocycles. The highest BCUT2D eigenvalue weighted by atomic mass is 16.5. The van der Waals surface area contributed by atoms with Crippen molar-refractivity contribution in [1.29, 1.82) is 0 Å². The van der Waals surface area contributed by atoms with Gasteiger partial charge in [-0.15, -0.1) is 0 Å². The fourth-order valence-electron chi connectivity index (χ4n) is 5.91. The number of nitrogens with zero attached hydrogens (tertiary/aromatic N) is 2. The zero-order valence-electron chi connectivity index (χ0n) is 25.2. The molecule has 210 valence electrons. The van der Waals surface area contributed by atoms with Gasteiger partial charge in [-0.25, -0.2) is 4.98 Å². The Morgan fingerprint density at radius 3 is 2.29 bits per heavy atom. The predicted molar refractivity (Wildman–Crippen MR) is 160 cm³/mol. The molecule has 5 nitrogen and oxygen atoms in total. The van der Waals surface area contributed by atoms with Gasteiger partial charge in [0.05, 0.1) is 0 Å². The molecule has 38 heavy (non-hydrogen) atoms. The van der Waals surface area contributed by atoms with Gasteiger partial charge in [-0.1, -0.05) is 32.9 Å². The van der Waals surface area contributed by atoms with E-state index in [0.717, 1.165) is 51.1 Å². The molecule has 1 unspecified atom stereocenters. The first-order valence-electron chi connectivity index (χ1n) is 14.8. The molecule has 1 aliphatic carbocycles. The zero-order chi connectivity index (χ0) is 27.6. The van der Waals surface area contributed by atoms with Gasteiger partial charge in [0.25, 0.3) is 0 Å². The molecular formula is C33H52N4O. The van der Waals surface area contributed by atoms with E-state index >= 15 is 0 Å². The Morgan fingerprint density at radius 2 is 1.63 bits per heavy atom. The number of pyridine rings is 1. The van der Waals surface area contributed by atoms with Crippen LogP contribution in [0.5, 0.6) is 5.88 Å². The van der Waals surface area contributed by atoms with Crippen LogP contribution >= 0.6 is 0 Å². The van der Waals surface area contributed by atoms with Crippen LogP contribution in [-0.4, -0.2) is 47.3 Å². The number of nitrogens with one attached hydrogen (secondary N) is 2. The summed E-state index contributed by atoms with van der Waals surface area (Å²) in [6.45, 7) is 20.5. The van der Waals surface area contributed by atoms with Crippen molar-refractivity contribution in [1.82, 2.24) is 15.6 Å². The van der Waals surface area contributed by atoms with E-state index in [9.17, 15) is 0 Å². The predicted octanol–water partition coefficient (Wildman–Crippen LogP) is 6.65. The lowest BCUT2D eigenvalue weighted by Gasteiger charge is -2.40. The summed E-state index contributed by atoms with van der Waals surface area (Å²) in [5, 5.41) is 7.66. The summed E-state index contributed by atoms with van der Waals surface area (Å²) in [4.78, 5) is 7.06. The van der Waals surface area contributed by atoms with E-state index < -0.39 is 0 Å². The highest BCUT2D eigenvalue weighted by Gasteiger charge is 2.34. The molecule has 4 rings (SSSR count). The van der Waals surface area contributed by atoms with Gasteiger partial charge in [-0.2, -0.15) is 0 Å². The molecular weight excluding hydrogens is 468 g/mol. The van der Waals surface area contributed by atoms with E-state index in [0.29, 0.717) is 12.1 Å². The second-order valence-electron chi connectivity index (χ2n) is 14.0. The van der Waals surface area contributed by atoms with Crippen LogP contribution in [0.2, 0.25) is 0 Å². The van der Waals surface area contributed by atoms with Gasteiger partial charge in [0, 0.05) is 54.2 Å². The van der Waals surface area contributed by atoms with Crippen molar-refractivity contribution in [3.05, 3.63) is 53.7 Å². The summed E-state index contributed by atoms with van der Waals surface area (Å²) in [5.41, 5.74) is 4.35. The first kappa shape index (κ1) is 28.9. The number of anilines is 1. The molecule has 1 aliphatic heterocycles. The number of aromatic nitrogens is 1. The average molecular weight is 521 g/mol. The molecule has 1 saturated heterocycles. The van der Waals surface area contributed by atoms with Gasteiger partial charge < -0.3 is 20.3 Å². The van der Waals surface area contributed by atoms with Crippen molar-refractivity contribution in [2.45, 2.75) is 129 Å². The van der Waals surface area contributed by atoms with Crippen molar-refractivity contribution in [3.8, 4) is 5.88 Å². The molecule has 0 amide bonds. The minimum atomic E-state index is 0.0542. The van der Waals surface area contributed by atoms with Crippen molar-refractivity contribution >= 4 is 5.69 Å². The SMILES string of the molecule is CCc1ccc(N2CCC(NC(C)(C)CCC(C)(C)c3ccnc(OC4CC(NC(C)(C)C)C4)c3)C2)cc1. The molecule has 1 atom stereocenters. The van der Waals surface area contributed by atoms with Crippen LogP contribution in [0.25, 0.3) is 0 Å². The second kappa shape index (κ2) is 11.6. The summed E-state index contributed by atoms with van der Waals surface area (Å²) >= 11 is 0. The van der Waals surface area contributed by atoms with E-state index in [1.807, 2.05) is 6.20 Å². The third kappa shape index (κ3) is 7.95. The first-order chi connectivity index (χ1) is 17.8. The van der Waals surface area contributed by atoms with Crippen LogP contribution in [0.1, 0.15) is 98.6 Å². The van der Waals surface area contributed by atoms with E-state index in [-0.39, 0.29) is 22.6 Å². The van der Waals surface area contributed by atoms with Crippen LogP contribution < -0.4 is 20.3 Å².